The molecule has 1 aromatic carbocycles. The zero-order chi connectivity index (χ0) is 11.3. The maximum absolute atomic E-state index is 5.78. The number of hydrogen-bond donors (Lipinski definition) is 1. The normalized spacial score (nSPS) is 12.9. The molecule has 0 heterocycles. The van der Waals surface area contributed by atoms with E-state index in [0.29, 0.717) is 5.92 Å². The van der Waals surface area contributed by atoms with Crippen LogP contribution >= 0.6 is 0 Å². The average Bonchev–Trinajstić information content (AvgIpc) is 2.18. The van der Waals surface area contributed by atoms with Gasteiger partial charge in [-0.2, -0.15) is 0 Å². The number of hydrogen-bond acceptors (Lipinski definition) is 2. The molecule has 2 nitrogen and oxygen atoms in total. The fourth-order valence-corrected chi connectivity index (χ4v) is 1.51. The highest BCUT2D eigenvalue weighted by Gasteiger charge is 2.04. The van der Waals surface area contributed by atoms with Gasteiger partial charge in [0.15, 0.2) is 0 Å². The first-order chi connectivity index (χ1) is 7.13. The third kappa shape index (κ3) is 3.92. The summed E-state index contributed by atoms with van der Waals surface area (Å²) in [4.78, 5) is 0. The molecule has 0 aliphatic heterocycles. The topological polar surface area (TPSA) is 21.3 Å². The van der Waals surface area contributed by atoms with E-state index in [-0.39, 0.29) is 6.10 Å². The lowest BCUT2D eigenvalue weighted by molar-refractivity contribution is 0.220. The van der Waals surface area contributed by atoms with Gasteiger partial charge in [-0.05, 0) is 37.6 Å². The highest BCUT2D eigenvalue weighted by atomic mass is 16.5. The van der Waals surface area contributed by atoms with Crippen LogP contribution in [0.15, 0.2) is 24.3 Å². The van der Waals surface area contributed by atoms with Crippen molar-refractivity contribution in [3.63, 3.8) is 0 Å². The van der Waals surface area contributed by atoms with Crippen molar-refractivity contribution in [1.82, 2.24) is 5.32 Å². The maximum atomic E-state index is 5.78. The number of rotatable bonds is 5. The predicted octanol–water partition coefficient (Wildman–Crippen LogP) is 2.80. The smallest absolute Gasteiger partial charge is 0.120 e. The van der Waals surface area contributed by atoms with Crippen LogP contribution in [-0.4, -0.2) is 19.7 Å². The van der Waals surface area contributed by atoms with Gasteiger partial charge in [0.1, 0.15) is 11.9 Å². The molecule has 15 heavy (non-hydrogen) atoms. The highest BCUT2D eigenvalue weighted by molar-refractivity contribution is 5.30. The zero-order valence-electron chi connectivity index (χ0n) is 10.1. The first-order valence-corrected chi connectivity index (χ1v) is 5.54. The Balaban J connectivity index is 2.65. The second-order valence-electron chi connectivity index (χ2n) is 4.21. The van der Waals surface area contributed by atoms with E-state index in [1.807, 2.05) is 13.1 Å². The third-order valence-corrected chi connectivity index (χ3v) is 2.35. The van der Waals surface area contributed by atoms with Crippen molar-refractivity contribution in [1.29, 1.82) is 0 Å². The summed E-state index contributed by atoms with van der Waals surface area (Å²) >= 11 is 0. The molecule has 2 heteroatoms. The minimum absolute atomic E-state index is 0.206. The van der Waals surface area contributed by atoms with E-state index in [2.05, 4.69) is 44.3 Å². The molecular weight excluding hydrogens is 186 g/mol. The van der Waals surface area contributed by atoms with Gasteiger partial charge >= 0.3 is 0 Å². The van der Waals surface area contributed by atoms with Gasteiger partial charge in [0, 0.05) is 6.54 Å². The quantitative estimate of drug-likeness (QED) is 0.801. The molecule has 0 aliphatic carbocycles. The van der Waals surface area contributed by atoms with Gasteiger partial charge in [-0.1, -0.05) is 26.0 Å². The predicted molar refractivity (Wildman–Crippen MR) is 64.5 cm³/mol. The van der Waals surface area contributed by atoms with E-state index in [1.54, 1.807) is 0 Å². The maximum Gasteiger partial charge on any atom is 0.120 e. The summed E-state index contributed by atoms with van der Waals surface area (Å²) in [6, 6.07) is 8.33. The monoisotopic (exact) mass is 207 g/mol. The van der Waals surface area contributed by atoms with Gasteiger partial charge in [0.05, 0.1) is 0 Å². The molecule has 1 aromatic rings. The molecule has 0 saturated heterocycles. The Morgan fingerprint density at radius 1 is 1.27 bits per heavy atom. The molecular formula is C13H21NO. The van der Waals surface area contributed by atoms with E-state index in [4.69, 9.17) is 4.74 Å². The van der Waals surface area contributed by atoms with Crippen molar-refractivity contribution < 1.29 is 4.74 Å². The van der Waals surface area contributed by atoms with E-state index in [9.17, 15) is 0 Å². The van der Waals surface area contributed by atoms with E-state index >= 15 is 0 Å². The molecule has 84 valence electrons. The Morgan fingerprint density at radius 2 is 2.00 bits per heavy atom. The minimum Gasteiger partial charge on any atom is -0.489 e. The van der Waals surface area contributed by atoms with Gasteiger partial charge in [-0.25, -0.2) is 0 Å². The lowest BCUT2D eigenvalue weighted by atomic mass is 10.0. The van der Waals surface area contributed by atoms with Crippen molar-refractivity contribution >= 4 is 0 Å². The Labute approximate surface area is 92.6 Å². The molecule has 1 atom stereocenters. The number of ether oxygens (including phenoxy) is 1. The van der Waals surface area contributed by atoms with Crippen molar-refractivity contribution in [2.45, 2.75) is 32.8 Å². The minimum atomic E-state index is 0.206. The summed E-state index contributed by atoms with van der Waals surface area (Å²) in [6.07, 6.45) is 0.206. The second-order valence-corrected chi connectivity index (χ2v) is 4.21. The zero-order valence-corrected chi connectivity index (χ0v) is 10.1. The second kappa shape index (κ2) is 5.76. The number of likely N-dealkylation sites (N-methyl/N-ethyl adjacent to an activating group) is 1. The van der Waals surface area contributed by atoms with Crippen LogP contribution in [0.1, 0.15) is 32.3 Å². The summed E-state index contributed by atoms with van der Waals surface area (Å²) < 4.78 is 5.78. The van der Waals surface area contributed by atoms with E-state index in [1.165, 1.54) is 5.56 Å². The standard InChI is InChI=1S/C13H21NO/c1-10(2)12-6-5-7-13(8-12)15-11(3)9-14-4/h5-8,10-11,14H,9H2,1-4H3/t11-/m1/s1. The number of benzene rings is 1. The van der Waals surface area contributed by atoms with Crippen LogP contribution in [0.4, 0.5) is 0 Å². The van der Waals surface area contributed by atoms with E-state index in [0.717, 1.165) is 12.3 Å². The van der Waals surface area contributed by atoms with E-state index < -0.39 is 0 Å². The summed E-state index contributed by atoms with van der Waals surface area (Å²) in [5.74, 6) is 1.51. The largest absolute Gasteiger partial charge is 0.489 e. The van der Waals surface area contributed by atoms with Gasteiger partial charge in [0.25, 0.3) is 0 Å². The summed E-state index contributed by atoms with van der Waals surface area (Å²) in [7, 11) is 1.93. The van der Waals surface area contributed by atoms with Crippen LogP contribution in [0.2, 0.25) is 0 Å². The molecule has 0 aliphatic rings. The molecule has 0 radical (unpaired) electrons. The lowest BCUT2D eigenvalue weighted by Crippen LogP contribution is -2.26. The first-order valence-electron chi connectivity index (χ1n) is 5.54. The third-order valence-electron chi connectivity index (χ3n) is 2.35. The van der Waals surface area contributed by atoms with Gasteiger partial charge in [-0.15, -0.1) is 0 Å². The molecule has 0 aromatic heterocycles. The van der Waals surface area contributed by atoms with Crippen LogP contribution in [0.25, 0.3) is 0 Å². The molecule has 1 N–H and O–H groups in total. The molecule has 0 bridgehead atoms. The van der Waals surface area contributed by atoms with Crippen LogP contribution < -0.4 is 10.1 Å². The van der Waals surface area contributed by atoms with Crippen LogP contribution in [0.5, 0.6) is 5.75 Å². The van der Waals surface area contributed by atoms with Crippen LogP contribution in [0, 0.1) is 0 Å². The van der Waals surface area contributed by atoms with Crippen molar-refractivity contribution in [3.8, 4) is 5.75 Å². The average molecular weight is 207 g/mol. The van der Waals surface area contributed by atoms with Crippen molar-refractivity contribution in [2.75, 3.05) is 13.6 Å². The first kappa shape index (κ1) is 12.1. The molecule has 0 spiro atoms. The molecule has 0 fully saturated rings. The van der Waals surface area contributed by atoms with Gasteiger partial charge < -0.3 is 10.1 Å². The Hall–Kier alpha value is -1.02. The SMILES string of the molecule is CNC[C@@H](C)Oc1cccc(C(C)C)c1. The van der Waals surface area contributed by atoms with Gasteiger partial charge in [-0.3, -0.25) is 0 Å². The Morgan fingerprint density at radius 3 is 2.60 bits per heavy atom. The number of nitrogens with one attached hydrogen (secondary N) is 1. The fourth-order valence-electron chi connectivity index (χ4n) is 1.51. The Kier molecular flexibility index (Phi) is 4.63. The molecule has 0 saturated carbocycles. The van der Waals surface area contributed by atoms with Crippen molar-refractivity contribution in [2.24, 2.45) is 0 Å². The Bertz CT molecular complexity index is 296. The molecule has 0 amide bonds. The van der Waals surface area contributed by atoms with Crippen molar-refractivity contribution in [3.05, 3.63) is 29.8 Å². The molecule has 1 rings (SSSR count). The van der Waals surface area contributed by atoms with Gasteiger partial charge in [0.2, 0.25) is 0 Å². The summed E-state index contributed by atoms with van der Waals surface area (Å²) in [5.41, 5.74) is 1.32. The summed E-state index contributed by atoms with van der Waals surface area (Å²) in [6.45, 7) is 7.32. The molecule has 0 unspecified atom stereocenters. The fraction of sp³-hybridized carbons (Fsp3) is 0.538. The van der Waals surface area contributed by atoms with Crippen LogP contribution in [0.3, 0.4) is 0 Å². The van der Waals surface area contributed by atoms with Crippen LogP contribution in [-0.2, 0) is 0 Å². The highest BCUT2D eigenvalue weighted by Crippen LogP contribution is 2.20. The summed E-state index contributed by atoms with van der Waals surface area (Å²) in [5, 5.41) is 3.10. The lowest BCUT2D eigenvalue weighted by Gasteiger charge is -2.15.